The Morgan fingerprint density at radius 3 is 2.78 bits per heavy atom. The van der Waals surface area contributed by atoms with Gasteiger partial charge >= 0.3 is 5.97 Å². The third kappa shape index (κ3) is 4.30. The van der Waals surface area contributed by atoms with Gasteiger partial charge in [0, 0.05) is 41.2 Å². The topological polar surface area (TPSA) is 111 Å². The van der Waals surface area contributed by atoms with E-state index in [1.54, 1.807) is 35.0 Å². The molecule has 7 nitrogen and oxygen atoms in total. The molecular weight excluding hydrogens is 404 g/mol. The molecule has 32 heavy (non-hydrogen) atoms. The van der Waals surface area contributed by atoms with Crippen LogP contribution in [0.2, 0.25) is 0 Å². The lowest BCUT2D eigenvalue weighted by Gasteiger charge is -2.08. The predicted molar refractivity (Wildman–Crippen MR) is 121 cm³/mol. The molecule has 2 heterocycles. The molecule has 0 bridgehead atoms. The number of aromatic carboxylic acids is 1. The van der Waals surface area contributed by atoms with Crippen molar-refractivity contribution in [3.05, 3.63) is 95.5 Å². The first-order chi connectivity index (χ1) is 15.6. The van der Waals surface area contributed by atoms with E-state index in [2.05, 4.69) is 10.3 Å². The molecule has 0 saturated carbocycles. The summed E-state index contributed by atoms with van der Waals surface area (Å²) in [4.78, 5) is 27.1. The van der Waals surface area contributed by atoms with E-state index in [9.17, 15) is 20.0 Å². The standard InChI is InChI=1S/C25H20N4O3/c26-15-19(24(30)27-11-10-18-16-28-23-9-2-1-8-22(18)23)14-21-7-4-12-29(21)20-6-3-5-17(13-20)25(31)32/h1-9,12-14,16,28H,10-11H2,(H,27,30)(H,31,32). The third-order valence-corrected chi connectivity index (χ3v) is 5.16. The number of fused-ring (bicyclic) bond motifs is 1. The fourth-order valence-corrected chi connectivity index (χ4v) is 3.58. The van der Waals surface area contributed by atoms with Gasteiger partial charge in [-0.3, -0.25) is 4.79 Å². The molecule has 7 heteroatoms. The number of H-pyrrole nitrogens is 1. The van der Waals surface area contributed by atoms with Gasteiger partial charge in [-0.15, -0.1) is 0 Å². The van der Waals surface area contributed by atoms with Crippen LogP contribution in [0.3, 0.4) is 0 Å². The Morgan fingerprint density at radius 2 is 1.97 bits per heavy atom. The lowest BCUT2D eigenvalue weighted by atomic mass is 10.1. The number of carbonyl (C=O) groups excluding carboxylic acids is 1. The smallest absolute Gasteiger partial charge is 0.335 e. The summed E-state index contributed by atoms with van der Waals surface area (Å²) in [6.07, 6.45) is 5.80. The Balaban J connectivity index is 1.48. The second kappa shape index (κ2) is 9.06. The first-order valence-electron chi connectivity index (χ1n) is 10.0. The van der Waals surface area contributed by atoms with Gasteiger partial charge in [0.2, 0.25) is 0 Å². The first kappa shape index (κ1) is 20.7. The highest BCUT2D eigenvalue weighted by atomic mass is 16.4. The van der Waals surface area contributed by atoms with Crippen molar-refractivity contribution in [2.75, 3.05) is 6.54 Å². The summed E-state index contributed by atoms with van der Waals surface area (Å²) >= 11 is 0. The van der Waals surface area contributed by atoms with Gasteiger partial charge in [0.25, 0.3) is 5.91 Å². The highest BCUT2D eigenvalue weighted by Gasteiger charge is 2.12. The summed E-state index contributed by atoms with van der Waals surface area (Å²) in [5, 5.41) is 22.7. The molecule has 0 aliphatic heterocycles. The van der Waals surface area contributed by atoms with Crippen molar-refractivity contribution in [1.82, 2.24) is 14.9 Å². The van der Waals surface area contributed by atoms with E-state index in [-0.39, 0.29) is 11.1 Å². The molecule has 0 saturated heterocycles. The van der Waals surface area contributed by atoms with E-state index in [4.69, 9.17) is 0 Å². The van der Waals surface area contributed by atoms with E-state index in [0.29, 0.717) is 24.3 Å². The van der Waals surface area contributed by atoms with Crippen molar-refractivity contribution >= 4 is 28.9 Å². The van der Waals surface area contributed by atoms with Gasteiger partial charge in [-0.05, 0) is 54.5 Å². The molecule has 4 aromatic rings. The monoisotopic (exact) mass is 424 g/mol. The average molecular weight is 424 g/mol. The molecule has 0 unspecified atom stereocenters. The lowest BCUT2D eigenvalue weighted by Crippen LogP contribution is -2.26. The summed E-state index contributed by atoms with van der Waals surface area (Å²) in [6.45, 7) is 0.390. The van der Waals surface area contributed by atoms with Crippen LogP contribution in [-0.4, -0.2) is 33.1 Å². The zero-order valence-corrected chi connectivity index (χ0v) is 17.1. The number of nitriles is 1. The molecule has 158 valence electrons. The molecular formula is C25H20N4O3. The maximum absolute atomic E-state index is 12.6. The molecule has 3 N–H and O–H groups in total. The summed E-state index contributed by atoms with van der Waals surface area (Å²) in [5.41, 5.74) is 3.48. The number of aromatic amines is 1. The number of carboxylic acids is 1. The number of hydrogen-bond donors (Lipinski definition) is 3. The van der Waals surface area contributed by atoms with Crippen molar-refractivity contribution in [3.63, 3.8) is 0 Å². The highest BCUT2D eigenvalue weighted by molar-refractivity contribution is 6.01. The van der Waals surface area contributed by atoms with Crippen molar-refractivity contribution in [2.24, 2.45) is 0 Å². The highest BCUT2D eigenvalue weighted by Crippen LogP contribution is 2.19. The van der Waals surface area contributed by atoms with Gasteiger partial charge in [-0.2, -0.15) is 5.26 Å². The SMILES string of the molecule is N#CC(=Cc1cccn1-c1cccc(C(=O)O)c1)C(=O)NCCc1c[nH]c2ccccc12. The largest absolute Gasteiger partial charge is 0.478 e. The molecule has 0 aliphatic carbocycles. The lowest BCUT2D eigenvalue weighted by molar-refractivity contribution is -0.117. The second-order valence-electron chi connectivity index (χ2n) is 7.19. The van der Waals surface area contributed by atoms with Crippen LogP contribution in [0.25, 0.3) is 22.7 Å². The Morgan fingerprint density at radius 1 is 1.12 bits per heavy atom. The molecule has 0 radical (unpaired) electrons. The quantitative estimate of drug-likeness (QED) is 0.308. The van der Waals surface area contributed by atoms with Gasteiger partial charge < -0.3 is 20.0 Å². The molecule has 0 atom stereocenters. The minimum absolute atomic E-state index is 0.0294. The van der Waals surface area contributed by atoms with Gasteiger partial charge in [0.05, 0.1) is 5.56 Å². The number of nitrogens with one attached hydrogen (secondary N) is 2. The fourth-order valence-electron chi connectivity index (χ4n) is 3.58. The fraction of sp³-hybridized carbons (Fsp3) is 0.0800. The zero-order valence-electron chi connectivity index (χ0n) is 17.1. The van der Waals surface area contributed by atoms with E-state index >= 15 is 0 Å². The van der Waals surface area contributed by atoms with Crippen molar-refractivity contribution in [3.8, 4) is 11.8 Å². The minimum atomic E-state index is -1.02. The summed E-state index contributed by atoms with van der Waals surface area (Å²) < 4.78 is 1.73. The molecule has 2 aromatic carbocycles. The number of hydrogen-bond acceptors (Lipinski definition) is 3. The Hall–Kier alpha value is -4.57. The maximum atomic E-state index is 12.6. The number of benzene rings is 2. The van der Waals surface area contributed by atoms with Gasteiger partial charge in [-0.25, -0.2) is 4.79 Å². The van der Waals surface area contributed by atoms with Crippen LogP contribution >= 0.6 is 0 Å². The van der Waals surface area contributed by atoms with Crippen molar-refractivity contribution < 1.29 is 14.7 Å². The minimum Gasteiger partial charge on any atom is -0.478 e. The number of nitrogens with zero attached hydrogens (tertiary/aromatic N) is 2. The molecule has 1 amide bonds. The van der Waals surface area contributed by atoms with Crippen molar-refractivity contribution in [2.45, 2.75) is 6.42 Å². The number of carboxylic acid groups (broad SMARTS) is 1. The number of rotatable bonds is 7. The van der Waals surface area contributed by atoms with Crippen LogP contribution in [-0.2, 0) is 11.2 Å². The molecule has 2 aromatic heterocycles. The molecule has 4 rings (SSSR count). The Kier molecular flexibility index (Phi) is 5.86. The average Bonchev–Trinajstić information content (AvgIpc) is 3.44. The number of carbonyl (C=O) groups is 2. The van der Waals surface area contributed by atoms with Crippen LogP contribution < -0.4 is 5.32 Å². The van der Waals surface area contributed by atoms with Gasteiger partial charge in [0.1, 0.15) is 11.6 Å². The normalized spacial score (nSPS) is 11.3. The van der Waals surface area contributed by atoms with Gasteiger partial charge in [0.15, 0.2) is 0 Å². The Labute approximate surface area is 184 Å². The van der Waals surface area contributed by atoms with E-state index in [1.165, 1.54) is 18.2 Å². The number of para-hydroxylation sites is 1. The van der Waals surface area contributed by atoms with Crippen LogP contribution in [0.1, 0.15) is 21.6 Å². The Bertz CT molecular complexity index is 1370. The molecule has 0 spiro atoms. The maximum Gasteiger partial charge on any atom is 0.335 e. The zero-order chi connectivity index (χ0) is 22.5. The van der Waals surface area contributed by atoms with E-state index in [1.807, 2.05) is 36.5 Å². The van der Waals surface area contributed by atoms with Crippen LogP contribution in [0.5, 0.6) is 0 Å². The number of aromatic nitrogens is 2. The molecule has 0 aliphatic rings. The number of amides is 1. The van der Waals surface area contributed by atoms with Crippen LogP contribution in [0.4, 0.5) is 0 Å². The van der Waals surface area contributed by atoms with Crippen LogP contribution in [0, 0.1) is 11.3 Å². The predicted octanol–water partition coefficient (Wildman–Crippen LogP) is 3.92. The summed E-state index contributed by atoms with van der Waals surface area (Å²) in [5.74, 6) is -1.48. The second-order valence-corrected chi connectivity index (χ2v) is 7.19. The van der Waals surface area contributed by atoms with Gasteiger partial charge in [-0.1, -0.05) is 24.3 Å². The van der Waals surface area contributed by atoms with Crippen molar-refractivity contribution in [1.29, 1.82) is 5.26 Å². The van der Waals surface area contributed by atoms with E-state index in [0.717, 1.165) is 16.5 Å². The summed E-state index contributed by atoms with van der Waals surface area (Å²) in [7, 11) is 0. The van der Waals surface area contributed by atoms with Crippen LogP contribution in [0.15, 0.2) is 78.6 Å². The first-order valence-corrected chi connectivity index (χ1v) is 10.0. The molecule has 0 fully saturated rings. The van der Waals surface area contributed by atoms with E-state index < -0.39 is 11.9 Å². The third-order valence-electron chi connectivity index (χ3n) is 5.16. The summed E-state index contributed by atoms with van der Waals surface area (Å²) in [6, 6.07) is 19.9.